The minimum absolute atomic E-state index is 0.0128. The number of ether oxygens (including phenoxy) is 1. The Balaban J connectivity index is 1.43. The van der Waals surface area contributed by atoms with Crippen molar-refractivity contribution in [3.05, 3.63) is 99.9 Å². The van der Waals surface area contributed by atoms with Crippen LogP contribution in [0.1, 0.15) is 50.5 Å². The van der Waals surface area contributed by atoms with Gasteiger partial charge < -0.3 is 15.8 Å². The molecule has 258 valence electrons. The van der Waals surface area contributed by atoms with Crippen LogP contribution in [0.25, 0.3) is 0 Å². The average molecular weight is 715 g/mol. The first-order valence-corrected chi connectivity index (χ1v) is 19.5. The monoisotopic (exact) mass is 714 g/mol. The van der Waals surface area contributed by atoms with E-state index in [1.165, 1.54) is 41.8 Å². The van der Waals surface area contributed by atoms with Crippen molar-refractivity contribution in [2.45, 2.75) is 67.3 Å². The molecule has 5 rings (SSSR count). The van der Waals surface area contributed by atoms with Gasteiger partial charge in [-0.05, 0) is 105 Å². The van der Waals surface area contributed by atoms with E-state index in [-0.39, 0.29) is 46.1 Å². The van der Waals surface area contributed by atoms with E-state index < -0.39 is 26.0 Å². The predicted octanol–water partition coefficient (Wildman–Crippen LogP) is 4.89. The number of carbonyl (C=O) groups is 1. The third-order valence-electron chi connectivity index (χ3n) is 9.14. The number of piperidine rings is 1. The molecule has 0 bridgehead atoms. The number of nitrogens with zero attached hydrogens (tertiary/aromatic N) is 2. The average Bonchev–Trinajstić information content (AvgIpc) is 3.62. The largest absolute Gasteiger partial charge is 0.465 e. The lowest BCUT2D eigenvalue weighted by Crippen LogP contribution is -2.40. The van der Waals surface area contributed by atoms with Gasteiger partial charge in [-0.1, -0.05) is 42.7 Å². The molecule has 1 heterocycles. The quantitative estimate of drug-likeness (QED) is 0.234. The second kappa shape index (κ2) is 16.0. The van der Waals surface area contributed by atoms with E-state index in [1.54, 1.807) is 28.6 Å². The molecule has 1 aliphatic heterocycles. The summed E-state index contributed by atoms with van der Waals surface area (Å²) in [5.41, 5.74) is 11.1. The summed E-state index contributed by atoms with van der Waals surface area (Å²) >= 11 is 6.07. The Morgan fingerprint density at radius 3 is 2.19 bits per heavy atom. The highest BCUT2D eigenvalue weighted by Crippen LogP contribution is 2.32. The van der Waals surface area contributed by atoms with E-state index in [2.05, 4.69) is 11.0 Å². The summed E-state index contributed by atoms with van der Waals surface area (Å²) in [6, 6.07) is 12.6. The Morgan fingerprint density at radius 1 is 0.938 bits per heavy atom. The summed E-state index contributed by atoms with van der Waals surface area (Å²) in [7, 11) is -6.70. The maximum atomic E-state index is 14.2. The standard InChI is InChI=1S/C35H43ClN4O6S2/c1-46-35(41)33-8-4-5-26(11-18-34(33)37)23-39(24-28-19-21-38-22-20-28)47(42,43)31-14-16-32(17-15-31)48(44,45)40(30-6-2-3-7-30)25-27-9-12-29(36)13-10-27/h4,8-10,12-18,28,30,38H,2-3,5-7,19-25,37H2,1H3. The SMILES string of the molecule is COC(=O)C1=C(N)C=C=C(CN(CC2CCNCC2)S(=O)(=O)c2ccc(S(=O)(=O)N(Cc3ccc(Cl)cc3)C3CCCC3)cc2)CC=C1. The lowest BCUT2D eigenvalue weighted by atomic mass is 9.98. The first-order chi connectivity index (χ1) is 23.0. The van der Waals surface area contributed by atoms with Crippen molar-refractivity contribution < 1.29 is 26.4 Å². The van der Waals surface area contributed by atoms with Gasteiger partial charge in [0.2, 0.25) is 20.0 Å². The van der Waals surface area contributed by atoms with Crippen LogP contribution in [0.5, 0.6) is 0 Å². The molecular weight excluding hydrogens is 672 g/mol. The number of sulfonamides is 2. The molecule has 3 N–H and O–H groups in total. The number of methoxy groups -OCH3 is 1. The topological polar surface area (TPSA) is 139 Å². The fraction of sp³-hybridized carbons (Fsp3) is 0.429. The van der Waals surface area contributed by atoms with Crippen LogP contribution in [0, 0.1) is 5.92 Å². The van der Waals surface area contributed by atoms with Gasteiger partial charge in [0.15, 0.2) is 0 Å². The summed E-state index contributed by atoms with van der Waals surface area (Å²) in [6.07, 6.45) is 10.3. The number of carbonyl (C=O) groups excluding carboxylic acids is 1. The molecule has 48 heavy (non-hydrogen) atoms. The van der Waals surface area contributed by atoms with Crippen LogP contribution in [-0.4, -0.2) is 70.7 Å². The Kier molecular flexibility index (Phi) is 12.0. The molecule has 0 amide bonds. The van der Waals surface area contributed by atoms with E-state index in [4.69, 9.17) is 22.1 Å². The molecule has 2 fully saturated rings. The molecule has 0 spiro atoms. The van der Waals surface area contributed by atoms with Crippen molar-refractivity contribution in [2.24, 2.45) is 11.7 Å². The van der Waals surface area contributed by atoms with E-state index in [0.29, 0.717) is 23.6 Å². The Bertz CT molecular complexity index is 1800. The van der Waals surface area contributed by atoms with Crippen molar-refractivity contribution in [1.82, 2.24) is 13.9 Å². The van der Waals surface area contributed by atoms with E-state index in [0.717, 1.165) is 57.2 Å². The zero-order valence-electron chi connectivity index (χ0n) is 27.1. The van der Waals surface area contributed by atoms with Gasteiger partial charge >= 0.3 is 5.97 Å². The first-order valence-electron chi connectivity index (χ1n) is 16.3. The Labute approximate surface area is 289 Å². The lowest BCUT2D eigenvalue weighted by Gasteiger charge is -2.30. The van der Waals surface area contributed by atoms with Crippen LogP contribution in [0.4, 0.5) is 0 Å². The van der Waals surface area contributed by atoms with Crippen LogP contribution >= 0.6 is 11.6 Å². The Hall–Kier alpha value is -3.22. The molecule has 0 aromatic heterocycles. The molecule has 2 aromatic carbocycles. The highest BCUT2D eigenvalue weighted by atomic mass is 35.5. The van der Waals surface area contributed by atoms with Crippen molar-refractivity contribution in [1.29, 1.82) is 0 Å². The summed E-state index contributed by atoms with van der Waals surface area (Å²) < 4.78 is 64.4. The molecule has 3 aliphatic rings. The van der Waals surface area contributed by atoms with Crippen molar-refractivity contribution in [3.63, 3.8) is 0 Å². The third-order valence-corrected chi connectivity index (χ3v) is 13.1. The number of nitrogens with one attached hydrogen (secondary N) is 1. The third kappa shape index (κ3) is 8.67. The van der Waals surface area contributed by atoms with Gasteiger partial charge in [-0.25, -0.2) is 21.6 Å². The van der Waals surface area contributed by atoms with Gasteiger partial charge in [-0.15, -0.1) is 5.73 Å². The van der Waals surface area contributed by atoms with Crippen molar-refractivity contribution in [2.75, 3.05) is 33.3 Å². The minimum atomic E-state index is -4.04. The van der Waals surface area contributed by atoms with Crippen molar-refractivity contribution in [3.8, 4) is 0 Å². The number of esters is 1. The predicted molar refractivity (Wildman–Crippen MR) is 186 cm³/mol. The second-order valence-electron chi connectivity index (χ2n) is 12.4. The molecule has 1 saturated heterocycles. The lowest BCUT2D eigenvalue weighted by molar-refractivity contribution is -0.135. The molecule has 0 radical (unpaired) electrons. The summed E-state index contributed by atoms with van der Waals surface area (Å²) in [5, 5.41) is 3.90. The fourth-order valence-corrected chi connectivity index (χ4v) is 9.70. The van der Waals surface area contributed by atoms with Gasteiger partial charge in [-0.2, -0.15) is 8.61 Å². The summed E-state index contributed by atoms with van der Waals surface area (Å²) in [6.45, 7) is 2.17. The number of halogens is 1. The number of benzene rings is 2. The summed E-state index contributed by atoms with van der Waals surface area (Å²) in [5.74, 6) is -0.416. The zero-order chi connectivity index (χ0) is 34.3. The molecule has 1 saturated carbocycles. The van der Waals surface area contributed by atoms with Crippen molar-refractivity contribution >= 4 is 37.6 Å². The van der Waals surface area contributed by atoms with Gasteiger partial charge in [0.1, 0.15) is 0 Å². The highest BCUT2D eigenvalue weighted by molar-refractivity contribution is 7.89. The molecular formula is C35H43ClN4O6S2. The fourth-order valence-electron chi connectivity index (χ4n) is 6.39. The number of rotatable bonds is 12. The van der Waals surface area contributed by atoms with Crippen LogP contribution in [0.2, 0.25) is 5.02 Å². The number of hydrogen-bond donors (Lipinski definition) is 2. The smallest absolute Gasteiger partial charge is 0.339 e. The van der Waals surface area contributed by atoms with Gasteiger partial charge in [0, 0.05) is 36.8 Å². The number of allylic oxidation sites excluding steroid dienone is 2. The maximum absolute atomic E-state index is 14.2. The zero-order valence-corrected chi connectivity index (χ0v) is 29.5. The van der Waals surface area contributed by atoms with Crippen LogP contribution in [0.15, 0.2) is 99.1 Å². The molecule has 13 heteroatoms. The molecule has 2 aliphatic carbocycles. The minimum Gasteiger partial charge on any atom is -0.465 e. The van der Waals surface area contributed by atoms with E-state index >= 15 is 0 Å². The van der Waals surface area contributed by atoms with Gasteiger partial charge in [0.05, 0.1) is 28.2 Å². The van der Waals surface area contributed by atoms with E-state index in [1.807, 2.05) is 12.1 Å². The molecule has 10 nitrogen and oxygen atoms in total. The van der Waals surface area contributed by atoms with E-state index in [9.17, 15) is 21.6 Å². The number of nitrogens with two attached hydrogens (primary N) is 1. The van der Waals surface area contributed by atoms with Gasteiger partial charge in [0.25, 0.3) is 0 Å². The van der Waals surface area contributed by atoms with Crippen LogP contribution in [-0.2, 0) is 36.1 Å². The van der Waals surface area contributed by atoms with Crippen LogP contribution < -0.4 is 11.1 Å². The summed E-state index contributed by atoms with van der Waals surface area (Å²) in [4.78, 5) is 12.2. The second-order valence-corrected chi connectivity index (χ2v) is 16.7. The normalized spacial score (nSPS) is 18.3. The Morgan fingerprint density at radius 2 is 1.56 bits per heavy atom. The number of hydrogen-bond acceptors (Lipinski definition) is 8. The van der Waals surface area contributed by atoms with Crippen LogP contribution in [0.3, 0.4) is 0 Å². The molecule has 2 aromatic rings. The maximum Gasteiger partial charge on any atom is 0.339 e. The first kappa shape index (κ1) is 36.1. The van der Waals surface area contributed by atoms with Gasteiger partial charge in [-0.3, -0.25) is 0 Å². The molecule has 0 atom stereocenters. The highest BCUT2D eigenvalue weighted by Gasteiger charge is 2.34. The molecule has 0 unspecified atom stereocenters.